The first-order chi connectivity index (χ1) is 9.52. The molecule has 0 amide bonds. The molecule has 0 radical (unpaired) electrons. The zero-order chi connectivity index (χ0) is 14.3. The van der Waals surface area contributed by atoms with Crippen LogP contribution in [0.4, 0.5) is 11.8 Å². The highest BCUT2D eigenvalue weighted by Gasteiger charge is 2.21. The minimum absolute atomic E-state index is 0.341. The van der Waals surface area contributed by atoms with Gasteiger partial charge in [-0.1, -0.05) is 0 Å². The maximum Gasteiger partial charge on any atom is 0.226 e. The number of aryl methyl sites for hydroxylation is 2. The predicted octanol–water partition coefficient (Wildman–Crippen LogP) is 1.39. The van der Waals surface area contributed by atoms with Crippen LogP contribution in [0.25, 0.3) is 11.0 Å². The third-order valence-corrected chi connectivity index (χ3v) is 3.70. The van der Waals surface area contributed by atoms with Crippen LogP contribution in [0.15, 0.2) is 6.07 Å². The topological polar surface area (TPSA) is 88.8 Å². The molecular weight excluding hydrogens is 252 g/mol. The van der Waals surface area contributed by atoms with E-state index in [1.807, 2.05) is 19.9 Å². The van der Waals surface area contributed by atoms with Gasteiger partial charge < -0.3 is 16.4 Å². The molecule has 1 aliphatic rings. The minimum atomic E-state index is 0.341. The van der Waals surface area contributed by atoms with E-state index in [1.54, 1.807) is 0 Å². The highest BCUT2D eigenvalue weighted by molar-refractivity contribution is 5.89. The fraction of sp³-hybridized carbons (Fsp3) is 0.500. The van der Waals surface area contributed by atoms with Crippen LogP contribution in [0.5, 0.6) is 0 Å². The molecule has 20 heavy (non-hydrogen) atoms. The number of nitrogens with two attached hydrogens (primary N) is 1. The SMILES string of the molecule is Cc1cc(C)c2c(N)nc(N[C@H]3CN[C@@H](C)C3)nc2n1. The van der Waals surface area contributed by atoms with Gasteiger partial charge in [0, 0.05) is 24.3 Å². The van der Waals surface area contributed by atoms with Gasteiger partial charge in [-0.05, 0) is 38.8 Å². The molecule has 0 saturated carbocycles. The summed E-state index contributed by atoms with van der Waals surface area (Å²) in [6, 6.07) is 2.86. The third-order valence-electron chi connectivity index (χ3n) is 3.70. The molecule has 1 saturated heterocycles. The van der Waals surface area contributed by atoms with E-state index in [0.717, 1.165) is 29.6 Å². The maximum atomic E-state index is 6.06. The van der Waals surface area contributed by atoms with Crippen molar-refractivity contribution in [2.75, 3.05) is 17.6 Å². The van der Waals surface area contributed by atoms with Gasteiger partial charge in [-0.2, -0.15) is 9.97 Å². The van der Waals surface area contributed by atoms with Crippen LogP contribution in [0, 0.1) is 13.8 Å². The fourth-order valence-electron chi connectivity index (χ4n) is 2.80. The van der Waals surface area contributed by atoms with Gasteiger partial charge in [0.2, 0.25) is 5.95 Å². The van der Waals surface area contributed by atoms with E-state index >= 15 is 0 Å². The minimum Gasteiger partial charge on any atom is -0.383 e. The van der Waals surface area contributed by atoms with Crippen molar-refractivity contribution < 1.29 is 0 Å². The van der Waals surface area contributed by atoms with Gasteiger partial charge in [-0.25, -0.2) is 4.98 Å². The summed E-state index contributed by atoms with van der Waals surface area (Å²) in [7, 11) is 0. The largest absolute Gasteiger partial charge is 0.383 e. The van der Waals surface area contributed by atoms with E-state index in [4.69, 9.17) is 5.73 Å². The van der Waals surface area contributed by atoms with Gasteiger partial charge in [0.15, 0.2) is 5.65 Å². The maximum absolute atomic E-state index is 6.06. The van der Waals surface area contributed by atoms with Gasteiger partial charge in [0.05, 0.1) is 5.39 Å². The molecule has 2 atom stereocenters. The molecule has 1 aliphatic heterocycles. The molecule has 2 aromatic heterocycles. The number of aromatic nitrogens is 3. The number of nitrogen functional groups attached to an aromatic ring is 1. The molecule has 0 unspecified atom stereocenters. The third kappa shape index (κ3) is 2.38. The van der Waals surface area contributed by atoms with Gasteiger partial charge in [-0.15, -0.1) is 0 Å². The van der Waals surface area contributed by atoms with Crippen LogP contribution in [0.2, 0.25) is 0 Å². The van der Waals surface area contributed by atoms with Gasteiger partial charge in [0.1, 0.15) is 5.82 Å². The highest BCUT2D eigenvalue weighted by Crippen LogP contribution is 2.23. The van der Waals surface area contributed by atoms with E-state index < -0.39 is 0 Å². The van der Waals surface area contributed by atoms with Crippen LogP contribution in [-0.2, 0) is 0 Å². The number of nitrogens with one attached hydrogen (secondary N) is 2. The van der Waals surface area contributed by atoms with Crippen molar-refractivity contribution in [1.82, 2.24) is 20.3 Å². The molecule has 2 aromatic rings. The molecular formula is C14H20N6. The summed E-state index contributed by atoms with van der Waals surface area (Å²) in [5.41, 5.74) is 8.73. The molecule has 4 N–H and O–H groups in total. The predicted molar refractivity (Wildman–Crippen MR) is 80.7 cm³/mol. The lowest BCUT2D eigenvalue weighted by Gasteiger charge is -2.13. The first-order valence-corrected chi connectivity index (χ1v) is 6.94. The summed E-state index contributed by atoms with van der Waals surface area (Å²) in [6.45, 7) is 7.06. The second-order valence-electron chi connectivity index (χ2n) is 5.60. The number of hydrogen-bond donors (Lipinski definition) is 3. The highest BCUT2D eigenvalue weighted by atomic mass is 15.2. The van der Waals surface area contributed by atoms with Crippen molar-refractivity contribution in [3.8, 4) is 0 Å². The second-order valence-corrected chi connectivity index (χ2v) is 5.60. The lowest BCUT2D eigenvalue weighted by Crippen LogP contribution is -2.24. The van der Waals surface area contributed by atoms with Crippen molar-refractivity contribution in [1.29, 1.82) is 0 Å². The molecule has 0 bridgehead atoms. The van der Waals surface area contributed by atoms with Crippen LogP contribution in [0.1, 0.15) is 24.6 Å². The van der Waals surface area contributed by atoms with E-state index in [0.29, 0.717) is 29.5 Å². The average molecular weight is 272 g/mol. The lowest BCUT2D eigenvalue weighted by atomic mass is 10.1. The van der Waals surface area contributed by atoms with Gasteiger partial charge in [-0.3, -0.25) is 0 Å². The Morgan fingerprint density at radius 2 is 2.10 bits per heavy atom. The molecule has 106 valence electrons. The van der Waals surface area contributed by atoms with Gasteiger partial charge >= 0.3 is 0 Å². The van der Waals surface area contributed by atoms with Crippen LogP contribution in [0.3, 0.4) is 0 Å². The summed E-state index contributed by atoms with van der Waals surface area (Å²) in [5, 5.41) is 7.58. The van der Waals surface area contributed by atoms with Crippen molar-refractivity contribution in [2.45, 2.75) is 39.3 Å². The molecule has 3 heterocycles. The summed E-state index contributed by atoms with van der Waals surface area (Å²) in [6.07, 6.45) is 1.06. The van der Waals surface area contributed by atoms with Crippen molar-refractivity contribution in [3.63, 3.8) is 0 Å². The van der Waals surface area contributed by atoms with Crippen LogP contribution < -0.4 is 16.4 Å². The number of pyridine rings is 1. The van der Waals surface area contributed by atoms with Crippen LogP contribution >= 0.6 is 0 Å². The quantitative estimate of drug-likeness (QED) is 0.765. The van der Waals surface area contributed by atoms with Gasteiger partial charge in [0.25, 0.3) is 0 Å². The Hall–Kier alpha value is -1.95. The molecule has 6 heteroatoms. The van der Waals surface area contributed by atoms with E-state index in [-0.39, 0.29) is 0 Å². The lowest BCUT2D eigenvalue weighted by molar-refractivity contribution is 0.660. The van der Waals surface area contributed by atoms with E-state index in [9.17, 15) is 0 Å². The second kappa shape index (κ2) is 4.86. The van der Waals surface area contributed by atoms with Crippen molar-refractivity contribution in [2.24, 2.45) is 0 Å². The standard InChI is InChI=1S/C14H20N6/c1-7-4-9(3)17-13-11(7)12(15)19-14(20-13)18-10-5-8(2)16-6-10/h4,8,10,16H,5-6H2,1-3H3,(H3,15,17,18,19,20)/t8-,10+/m0/s1. The Labute approximate surface area is 118 Å². The Kier molecular flexibility index (Phi) is 3.17. The molecule has 0 aromatic carbocycles. The Balaban J connectivity index is 1.97. The summed E-state index contributed by atoms with van der Waals surface area (Å²) in [5.74, 6) is 1.05. The molecule has 1 fully saturated rings. The number of anilines is 2. The number of fused-ring (bicyclic) bond motifs is 1. The Morgan fingerprint density at radius 1 is 1.30 bits per heavy atom. The Bertz CT molecular complexity index is 654. The summed E-state index contributed by atoms with van der Waals surface area (Å²) < 4.78 is 0. The molecule has 0 aliphatic carbocycles. The first kappa shape index (κ1) is 13.1. The van der Waals surface area contributed by atoms with Crippen LogP contribution in [-0.4, -0.2) is 33.6 Å². The Morgan fingerprint density at radius 3 is 2.80 bits per heavy atom. The van der Waals surface area contributed by atoms with E-state index in [1.165, 1.54) is 0 Å². The number of rotatable bonds is 2. The zero-order valence-electron chi connectivity index (χ0n) is 12.1. The summed E-state index contributed by atoms with van der Waals surface area (Å²) >= 11 is 0. The molecule has 0 spiro atoms. The number of nitrogens with zero attached hydrogens (tertiary/aromatic N) is 3. The smallest absolute Gasteiger partial charge is 0.226 e. The normalized spacial score (nSPS) is 22.4. The zero-order valence-corrected chi connectivity index (χ0v) is 12.1. The average Bonchev–Trinajstić information content (AvgIpc) is 2.73. The number of hydrogen-bond acceptors (Lipinski definition) is 6. The van der Waals surface area contributed by atoms with Crippen molar-refractivity contribution >= 4 is 22.8 Å². The monoisotopic (exact) mass is 272 g/mol. The fourth-order valence-corrected chi connectivity index (χ4v) is 2.80. The summed E-state index contributed by atoms with van der Waals surface area (Å²) in [4.78, 5) is 13.3. The first-order valence-electron chi connectivity index (χ1n) is 6.94. The van der Waals surface area contributed by atoms with E-state index in [2.05, 4.69) is 32.5 Å². The molecule has 3 rings (SSSR count). The molecule has 6 nitrogen and oxygen atoms in total. The van der Waals surface area contributed by atoms with Crippen molar-refractivity contribution in [3.05, 3.63) is 17.3 Å².